The number of benzene rings is 2. The molecule has 0 bridgehead atoms. The minimum atomic E-state index is -0.620. The predicted octanol–water partition coefficient (Wildman–Crippen LogP) is 3.94. The van der Waals surface area contributed by atoms with Gasteiger partial charge in [0.15, 0.2) is 6.10 Å². The van der Waals surface area contributed by atoms with Gasteiger partial charge in [-0.1, -0.05) is 35.9 Å². The van der Waals surface area contributed by atoms with Gasteiger partial charge in [-0.2, -0.15) is 0 Å². The predicted molar refractivity (Wildman–Crippen MR) is 130 cm³/mol. The Morgan fingerprint density at radius 1 is 1.15 bits per heavy atom. The third-order valence-corrected chi connectivity index (χ3v) is 7.16. The first kappa shape index (κ1) is 22.9. The number of rotatable bonds is 7. The topological polar surface area (TPSA) is 67.9 Å². The molecule has 1 saturated carbocycles. The molecule has 2 amide bonds. The van der Waals surface area contributed by atoms with E-state index in [1.54, 1.807) is 6.92 Å². The molecule has 5 rings (SSSR count). The highest BCUT2D eigenvalue weighted by Gasteiger charge is 2.39. The largest absolute Gasteiger partial charge is 0.481 e. The van der Waals surface area contributed by atoms with E-state index in [1.807, 2.05) is 17.0 Å². The first-order valence-electron chi connectivity index (χ1n) is 12.6. The highest BCUT2D eigenvalue weighted by molar-refractivity contribution is 5.82. The lowest BCUT2D eigenvalue weighted by Crippen LogP contribution is -2.41. The summed E-state index contributed by atoms with van der Waals surface area (Å²) in [5.41, 5.74) is 4.63. The minimum absolute atomic E-state index is 0.102. The van der Waals surface area contributed by atoms with Crippen LogP contribution < -0.4 is 10.1 Å². The fraction of sp³-hybridized carbons (Fsp3) is 0.500. The molecule has 0 radical (unpaired) electrons. The fourth-order valence-corrected chi connectivity index (χ4v) is 5.00. The molecule has 180 valence electrons. The number of nitrogens with one attached hydrogen (secondary N) is 1. The van der Waals surface area contributed by atoms with Crippen LogP contribution in [0.25, 0.3) is 0 Å². The molecule has 1 aliphatic carbocycles. The molecule has 0 spiro atoms. The average Bonchev–Trinajstić information content (AvgIpc) is 3.57. The van der Waals surface area contributed by atoms with Crippen LogP contribution in [0.5, 0.6) is 5.75 Å². The number of carbonyl (C=O) groups excluding carboxylic acids is 2. The van der Waals surface area contributed by atoms with Gasteiger partial charge < -0.3 is 19.7 Å². The Balaban J connectivity index is 1.36. The summed E-state index contributed by atoms with van der Waals surface area (Å²) in [6.45, 7) is 5.85. The van der Waals surface area contributed by atoms with E-state index < -0.39 is 6.10 Å². The summed E-state index contributed by atoms with van der Waals surface area (Å²) in [6, 6.07) is 14.4. The highest BCUT2D eigenvalue weighted by atomic mass is 16.5. The van der Waals surface area contributed by atoms with E-state index in [4.69, 9.17) is 9.47 Å². The van der Waals surface area contributed by atoms with Crippen molar-refractivity contribution in [1.29, 1.82) is 0 Å². The van der Waals surface area contributed by atoms with Crippen LogP contribution in [0, 0.1) is 12.8 Å². The van der Waals surface area contributed by atoms with Gasteiger partial charge in [0.25, 0.3) is 5.91 Å². The lowest BCUT2D eigenvalue weighted by molar-refractivity contribution is -0.134. The van der Waals surface area contributed by atoms with Crippen LogP contribution in [-0.4, -0.2) is 48.6 Å². The zero-order chi connectivity index (χ0) is 23.7. The van der Waals surface area contributed by atoms with Gasteiger partial charge in [-0.15, -0.1) is 0 Å². The van der Waals surface area contributed by atoms with Crippen molar-refractivity contribution in [2.24, 2.45) is 5.92 Å². The lowest BCUT2D eigenvalue weighted by Gasteiger charge is -2.38. The second-order valence-electron chi connectivity index (χ2n) is 9.87. The fourth-order valence-electron chi connectivity index (χ4n) is 5.00. The SMILES string of the molecule is Cc1ccc([C@@H]2c3cc(O[C@@H](C)C(=O)NC[C@@H]4CCCO4)ccc3CCN2C(=O)C2CC2)cc1. The highest BCUT2D eigenvalue weighted by Crippen LogP contribution is 2.41. The van der Waals surface area contributed by atoms with Crippen molar-refractivity contribution in [2.75, 3.05) is 19.7 Å². The number of ether oxygens (including phenoxy) is 2. The molecule has 6 nitrogen and oxygen atoms in total. The van der Waals surface area contributed by atoms with Gasteiger partial charge >= 0.3 is 0 Å². The van der Waals surface area contributed by atoms with Crippen LogP contribution in [0.4, 0.5) is 0 Å². The van der Waals surface area contributed by atoms with E-state index in [1.165, 1.54) is 11.1 Å². The van der Waals surface area contributed by atoms with E-state index in [2.05, 4.69) is 42.6 Å². The second-order valence-corrected chi connectivity index (χ2v) is 9.87. The van der Waals surface area contributed by atoms with E-state index >= 15 is 0 Å². The summed E-state index contributed by atoms with van der Waals surface area (Å²) in [4.78, 5) is 27.8. The standard InChI is InChI=1S/C28H34N2O4/c1-18-5-7-21(8-6-18)26-25-16-23(34-19(2)27(31)29-17-24-4-3-15-33-24)12-11-20(25)13-14-30(26)28(32)22-9-10-22/h5-8,11-12,16,19,22,24,26H,3-4,9-10,13-15,17H2,1-2H3,(H,29,31)/t19-,24-,26+/m0/s1. The van der Waals surface area contributed by atoms with E-state index in [0.29, 0.717) is 12.3 Å². The second kappa shape index (κ2) is 9.79. The van der Waals surface area contributed by atoms with Crippen molar-refractivity contribution < 1.29 is 19.1 Å². The Hall–Kier alpha value is -2.86. The van der Waals surface area contributed by atoms with Gasteiger partial charge in [-0.25, -0.2) is 0 Å². The van der Waals surface area contributed by atoms with Crippen molar-refractivity contribution in [3.05, 3.63) is 64.7 Å². The van der Waals surface area contributed by atoms with Gasteiger partial charge in [0.2, 0.25) is 5.91 Å². The maximum Gasteiger partial charge on any atom is 0.260 e. The number of fused-ring (bicyclic) bond motifs is 1. The van der Waals surface area contributed by atoms with Crippen LogP contribution in [-0.2, 0) is 20.7 Å². The zero-order valence-corrected chi connectivity index (χ0v) is 20.1. The first-order valence-corrected chi connectivity index (χ1v) is 12.6. The molecule has 1 saturated heterocycles. The van der Waals surface area contributed by atoms with E-state index in [0.717, 1.165) is 56.4 Å². The van der Waals surface area contributed by atoms with Crippen LogP contribution in [0.15, 0.2) is 42.5 Å². The summed E-state index contributed by atoms with van der Waals surface area (Å²) in [5, 5.41) is 2.95. The number of hydrogen-bond donors (Lipinski definition) is 1. The van der Waals surface area contributed by atoms with Gasteiger partial charge in [0.1, 0.15) is 5.75 Å². The molecule has 2 heterocycles. The molecule has 1 N–H and O–H groups in total. The van der Waals surface area contributed by atoms with Crippen molar-refractivity contribution in [3.63, 3.8) is 0 Å². The van der Waals surface area contributed by atoms with Crippen LogP contribution >= 0.6 is 0 Å². The molecular formula is C28H34N2O4. The molecule has 2 aliphatic heterocycles. The molecule has 3 atom stereocenters. The Kier molecular flexibility index (Phi) is 6.59. The van der Waals surface area contributed by atoms with E-state index in [9.17, 15) is 9.59 Å². The lowest BCUT2D eigenvalue weighted by atomic mass is 9.87. The molecule has 2 aromatic rings. The molecule has 3 aliphatic rings. The molecule has 2 fully saturated rings. The maximum atomic E-state index is 13.2. The monoisotopic (exact) mass is 462 g/mol. The summed E-state index contributed by atoms with van der Waals surface area (Å²) in [5.74, 6) is 0.927. The smallest absolute Gasteiger partial charge is 0.260 e. The van der Waals surface area contributed by atoms with Crippen LogP contribution in [0.2, 0.25) is 0 Å². The third kappa shape index (κ3) is 4.97. The Labute approximate surface area is 201 Å². The molecule has 2 aromatic carbocycles. The van der Waals surface area contributed by atoms with Crippen molar-refractivity contribution in [1.82, 2.24) is 10.2 Å². The maximum absolute atomic E-state index is 13.2. The normalized spacial score (nSPS) is 22.7. The molecule has 34 heavy (non-hydrogen) atoms. The summed E-state index contributed by atoms with van der Waals surface area (Å²) in [7, 11) is 0. The Morgan fingerprint density at radius 2 is 1.94 bits per heavy atom. The van der Waals surface area contributed by atoms with Gasteiger partial charge in [0.05, 0.1) is 12.1 Å². The third-order valence-electron chi connectivity index (χ3n) is 7.16. The van der Waals surface area contributed by atoms with Gasteiger partial charge in [-0.05, 0) is 74.8 Å². The number of amides is 2. The number of aryl methyl sites for hydroxylation is 1. The molecule has 0 unspecified atom stereocenters. The van der Waals surface area contributed by atoms with Gasteiger partial charge in [-0.3, -0.25) is 9.59 Å². The first-order chi connectivity index (χ1) is 16.5. The van der Waals surface area contributed by atoms with Crippen molar-refractivity contribution in [3.8, 4) is 5.75 Å². The Morgan fingerprint density at radius 3 is 2.65 bits per heavy atom. The van der Waals surface area contributed by atoms with Crippen molar-refractivity contribution in [2.45, 2.75) is 64.2 Å². The summed E-state index contributed by atoms with van der Waals surface area (Å²) >= 11 is 0. The quantitative estimate of drug-likeness (QED) is 0.677. The minimum Gasteiger partial charge on any atom is -0.481 e. The number of hydrogen-bond acceptors (Lipinski definition) is 4. The number of carbonyl (C=O) groups is 2. The zero-order valence-electron chi connectivity index (χ0n) is 20.1. The summed E-state index contributed by atoms with van der Waals surface area (Å²) in [6.07, 6.45) is 4.32. The van der Waals surface area contributed by atoms with Crippen molar-refractivity contribution >= 4 is 11.8 Å². The molecule has 6 heteroatoms. The van der Waals surface area contributed by atoms with Crippen LogP contribution in [0.3, 0.4) is 0 Å². The van der Waals surface area contributed by atoms with Gasteiger partial charge in [0, 0.05) is 25.6 Å². The average molecular weight is 463 g/mol. The number of nitrogens with zero attached hydrogens (tertiary/aromatic N) is 1. The molecule has 0 aromatic heterocycles. The Bertz CT molecular complexity index is 1040. The van der Waals surface area contributed by atoms with E-state index in [-0.39, 0.29) is 29.9 Å². The van der Waals surface area contributed by atoms with Crippen LogP contribution in [0.1, 0.15) is 60.9 Å². The summed E-state index contributed by atoms with van der Waals surface area (Å²) < 4.78 is 11.6. The molecular weight excluding hydrogens is 428 g/mol.